The molecule has 1 heterocycles. The van der Waals surface area contributed by atoms with Crippen LogP contribution >= 0.6 is 12.4 Å². The summed E-state index contributed by atoms with van der Waals surface area (Å²) in [4.78, 5) is 26.7. The number of piperidine rings is 1. The largest absolute Gasteiger partial charge is 0.344 e. The highest BCUT2D eigenvalue weighted by molar-refractivity contribution is 5.88. The number of nitrogens with zero attached hydrogens (tertiary/aromatic N) is 1. The van der Waals surface area contributed by atoms with Crippen molar-refractivity contribution in [1.29, 1.82) is 0 Å². The van der Waals surface area contributed by atoms with Crippen LogP contribution in [-0.4, -0.2) is 41.9 Å². The van der Waals surface area contributed by atoms with E-state index in [4.69, 9.17) is 5.73 Å². The summed E-state index contributed by atoms with van der Waals surface area (Å²) in [5, 5.41) is 2.92. The summed E-state index contributed by atoms with van der Waals surface area (Å²) in [6.45, 7) is 7.35. The molecule has 0 aromatic heterocycles. The first-order valence-corrected chi connectivity index (χ1v) is 8.66. The van der Waals surface area contributed by atoms with Crippen LogP contribution in [0.5, 0.6) is 0 Å². The lowest BCUT2D eigenvalue weighted by molar-refractivity contribution is -0.139. The fraction of sp³-hybridized carbons (Fsp3) is 0.882. The zero-order valence-corrected chi connectivity index (χ0v) is 15.5. The molecule has 2 amide bonds. The van der Waals surface area contributed by atoms with Crippen molar-refractivity contribution < 1.29 is 9.59 Å². The smallest absolute Gasteiger partial charge is 0.244 e. The number of rotatable bonds is 3. The highest BCUT2D eigenvalue weighted by Gasteiger charge is 2.37. The zero-order valence-electron chi connectivity index (χ0n) is 14.6. The molecule has 1 aliphatic heterocycles. The number of nitrogens with one attached hydrogen (secondary N) is 1. The van der Waals surface area contributed by atoms with Crippen molar-refractivity contribution in [3.05, 3.63) is 0 Å². The fourth-order valence-corrected chi connectivity index (χ4v) is 3.59. The Hall–Kier alpha value is -0.810. The minimum atomic E-state index is -0.445. The first-order valence-electron chi connectivity index (χ1n) is 8.66. The van der Waals surface area contributed by atoms with Gasteiger partial charge in [0.25, 0.3) is 0 Å². The standard InChI is InChI=1S/C17H31N3O2.ClH/c1-12(19-15(21)13-7-5-4-6-8-13)16(22)20-10-9-14(18)17(2,3)11-20;/h12-14H,4-11,18H2,1-3H3,(H,19,21);1H/t12-,14?;/m0./s1. The maximum atomic E-state index is 12.6. The van der Waals surface area contributed by atoms with Crippen LogP contribution in [0.4, 0.5) is 0 Å². The van der Waals surface area contributed by atoms with E-state index in [1.165, 1.54) is 6.42 Å². The van der Waals surface area contributed by atoms with Crippen LogP contribution in [0.1, 0.15) is 59.3 Å². The molecule has 2 rings (SSSR count). The Balaban J connectivity index is 0.00000264. The third kappa shape index (κ3) is 5.08. The molecular formula is C17H32ClN3O2. The van der Waals surface area contributed by atoms with E-state index in [2.05, 4.69) is 19.2 Å². The van der Waals surface area contributed by atoms with Gasteiger partial charge in [-0.3, -0.25) is 9.59 Å². The normalized spacial score (nSPS) is 26.1. The van der Waals surface area contributed by atoms with Gasteiger partial charge in [-0.25, -0.2) is 0 Å². The monoisotopic (exact) mass is 345 g/mol. The number of carbonyl (C=O) groups excluding carboxylic acids is 2. The molecule has 0 radical (unpaired) electrons. The summed E-state index contributed by atoms with van der Waals surface area (Å²) >= 11 is 0. The van der Waals surface area contributed by atoms with Gasteiger partial charge in [-0.1, -0.05) is 33.1 Å². The number of hydrogen-bond acceptors (Lipinski definition) is 3. The molecule has 2 aliphatic rings. The number of halogens is 1. The van der Waals surface area contributed by atoms with Crippen LogP contribution in [0.15, 0.2) is 0 Å². The van der Waals surface area contributed by atoms with Crippen molar-refractivity contribution in [2.45, 2.75) is 71.4 Å². The van der Waals surface area contributed by atoms with E-state index in [9.17, 15) is 9.59 Å². The lowest BCUT2D eigenvalue weighted by atomic mass is 9.79. The minimum Gasteiger partial charge on any atom is -0.344 e. The lowest BCUT2D eigenvalue weighted by Gasteiger charge is -2.43. The van der Waals surface area contributed by atoms with Gasteiger partial charge in [0.05, 0.1) is 0 Å². The molecule has 2 atom stereocenters. The average Bonchev–Trinajstić information content (AvgIpc) is 2.50. The second-order valence-corrected chi connectivity index (χ2v) is 7.71. The van der Waals surface area contributed by atoms with E-state index in [1.807, 2.05) is 4.90 Å². The summed E-state index contributed by atoms with van der Waals surface area (Å²) < 4.78 is 0. The van der Waals surface area contributed by atoms with E-state index < -0.39 is 6.04 Å². The Morgan fingerprint density at radius 3 is 2.35 bits per heavy atom. The Bertz CT molecular complexity index is 422. The van der Waals surface area contributed by atoms with E-state index in [0.29, 0.717) is 13.1 Å². The van der Waals surface area contributed by atoms with Crippen LogP contribution in [0.3, 0.4) is 0 Å². The van der Waals surface area contributed by atoms with Crippen molar-refractivity contribution in [3.63, 3.8) is 0 Å². The van der Waals surface area contributed by atoms with E-state index in [0.717, 1.165) is 32.1 Å². The van der Waals surface area contributed by atoms with Crippen LogP contribution in [0.25, 0.3) is 0 Å². The summed E-state index contributed by atoms with van der Waals surface area (Å²) in [7, 11) is 0. The average molecular weight is 346 g/mol. The highest BCUT2D eigenvalue weighted by atomic mass is 35.5. The lowest BCUT2D eigenvalue weighted by Crippen LogP contribution is -2.57. The number of hydrogen-bond donors (Lipinski definition) is 2. The Kier molecular flexibility index (Phi) is 7.33. The van der Waals surface area contributed by atoms with Crippen LogP contribution in [-0.2, 0) is 9.59 Å². The van der Waals surface area contributed by atoms with Crippen LogP contribution in [0, 0.1) is 11.3 Å². The predicted octanol–water partition coefficient (Wildman–Crippen LogP) is 2.08. The minimum absolute atomic E-state index is 0. The van der Waals surface area contributed by atoms with Crippen molar-refractivity contribution in [2.24, 2.45) is 17.1 Å². The molecule has 1 aliphatic carbocycles. The molecule has 23 heavy (non-hydrogen) atoms. The number of likely N-dealkylation sites (tertiary alicyclic amines) is 1. The summed E-state index contributed by atoms with van der Waals surface area (Å²) in [6.07, 6.45) is 6.21. The van der Waals surface area contributed by atoms with Gasteiger partial charge < -0.3 is 16.0 Å². The molecule has 0 aromatic carbocycles. The van der Waals surface area contributed by atoms with Crippen molar-refractivity contribution in [3.8, 4) is 0 Å². The predicted molar refractivity (Wildman–Crippen MR) is 94.4 cm³/mol. The first kappa shape index (κ1) is 20.2. The molecular weight excluding hydrogens is 314 g/mol. The van der Waals surface area contributed by atoms with Gasteiger partial charge in [-0.2, -0.15) is 0 Å². The Labute approximate surface area is 146 Å². The molecule has 2 fully saturated rings. The maximum absolute atomic E-state index is 12.6. The highest BCUT2D eigenvalue weighted by Crippen LogP contribution is 2.28. The Morgan fingerprint density at radius 2 is 1.78 bits per heavy atom. The molecule has 5 nitrogen and oxygen atoms in total. The van der Waals surface area contributed by atoms with Gasteiger partial charge in [0.2, 0.25) is 11.8 Å². The van der Waals surface area contributed by atoms with Gasteiger partial charge >= 0.3 is 0 Å². The maximum Gasteiger partial charge on any atom is 0.244 e. The summed E-state index contributed by atoms with van der Waals surface area (Å²) in [6, 6.07) is -0.316. The fourth-order valence-electron chi connectivity index (χ4n) is 3.59. The van der Waals surface area contributed by atoms with Gasteiger partial charge in [-0.15, -0.1) is 12.4 Å². The van der Waals surface area contributed by atoms with Gasteiger partial charge in [0.15, 0.2) is 0 Å². The molecule has 6 heteroatoms. The van der Waals surface area contributed by atoms with Gasteiger partial charge in [-0.05, 0) is 31.6 Å². The zero-order chi connectivity index (χ0) is 16.3. The third-order valence-electron chi connectivity index (χ3n) is 5.33. The summed E-state index contributed by atoms with van der Waals surface area (Å²) in [5.41, 5.74) is 6.05. The number of carbonyl (C=O) groups is 2. The number of nitrogens with two attached hydrogens (primary N) is 1. The van der Waals surface area contributed by atoms with Gasteiger partial charge in [0.1, 0.15) is 6.04 Å². The molecule has 1 saturated heterocycles. The second-order valence-electron chi connectivity index (χ2n) is 7.71. The second kappa shape index (κ2) is 8.34. The third-order valence-corrected chi connectivity index (χ3v) is 5.33. The molecule has 3 N–H and O–H groups in total. The molecule has 1 saturated carbocycles. The molecule has 0 bridgehead atoms. The van der Waals surface area contributed by atoms with Crippen molar-refractivity contribution in [2.75, 3.05) is 13.1 Å². The van der Waals surface area contributed by atoms with E-state index in [1.54, 1.807) is 6.92 Å². The quantitative estimate of drug-likeness (QED) is 0.822. The van der Waals surface area contributed by atoms with Crippen LogP contribution < -0.4 is 11.1 Å². The van der Waals surface area contributed by atoms with Gasteiger partial charge in [0, 0.05) is 25.0 Å². The first-order chi connectivity index (χ1) is 10.3. The molecule has 1 unspecified atom stereocenters. The molecule has 0 spiro atoms. The van der Waals surface area contributed by atoms with E-state index in [-0.39, 0.29) is 41.6 Å². The topological polar surface area (TPSA) is 75.4 Å². The Morgan fingerprint density at radius 1 is 1.17 bits per heavy atom. The molecule has 0 aromatic rings. The molecule has 134 valence electrons. The SMILES string of the molecule is C[C@H](NC(=O)C1CCCCC1)C(=O)N1CCC(N)C(C)(C)C1.Cl. The van der Waals surface area contributed by atoms with Crippen molar-refractivity contribution >= 4 is 24.2 Å². The van der Waals surface area contributed by atoms with Crippen LogP contribution in [0.2, 0.25) is 0 Å². The van der Waals surface area contributed by atoms with Crippen molar-refractivity contribution in [1.82, 2.24) is 10.2 Å². The number of amides is 2. The summed E-state index contributed by atoms with van der Waals surface area (Å²) in [5.74, 6) is 0.160. The van der Waals surface area contributed by atoms with E-state index >= 15 is 0 Å².